The molecular formula is C13H14BrN3O. The molecule has 0 radical (unpaired) electrons. The van der Waals surface area contributed by atoms with Gasteiger partial charge in [-0.15, -0.1) is 0 Å². The highest BCUT2D eigenvalue weighted by molar-refractivity contribution is 9.10. The van der Waals surface area contributed by atoms with Gasteiger partial charge in [0.1, 0.15) is 5.82 Å². The fourth-order valence-electron chi connectivity index (χ4n) is 1.71. The number of nitrogens with zero attached hydrogens (tertiary/aromatic N) is 1. The largest absolute Gasteiger partial charge is 0.347 e. The van der Waals surface area contributed by atoms with E-state index in [2.05, 4.69) is 31.2 Å². The van der Waals surface area contributed by atoms with Crippen LogP contribution >= 0.6 is 15.9 Å². The van der Waals surface area contributed by atoms with Crippen molar-refractivity contribution in [1.82, 2.24) is 15.3 Å². The van der Waals surface area contributed by atoms with E-state index in [0.717, 1.165) is 15.9 Å². The smallest absolute Gasteiger partial charge is 0.252 e. The average Bonchev–Trinajstić information content (AvgIpc) is 2.86. The molecule has 0 saturated heterocycles. The lowest BCUT2D eigenvalue weighted by Gasteiger charge is -2.13. The van der Waals surface area contributed by atoms with Crippen molar-refractivity contribution in [2.45, 2.75) is 19.9 Å². The van der Waals surface area contributed by atoms with Gasteiger partial charge in [-0.1, -0.05) is 22.0 Å². The van der Waals surface area contributed by atoms with Crippen molar-refractivity contribution in [3.05, 3.63) is 52.0 Å². The zero-order valence-corrected chi connectivity index (χ0v) is 11.8. The highest BCUT2D eigenvalue weighted by atomic mass is 79.9. The molecule has 0 aliphatic rings. The van der Waals surface area contributed by atoms with Crippen molar-refractivity contribution in [3.63, 3.8) is 0 Å². The molecule has 0 saturated carbocycles. The molecule has 1 unspecified atom stereocenters. The number of rotatable bonds is 3. The zero-order valence-electron chi connectivity index (χ0n) is 10.2. The quantitative estimate of drug-likeness (QED) is 0.916. The third-order valence-electron chi connectivity index (χ3n) is 2.79. The standard InChI is InChI=1S/C13H14BrN3O/c1-8-10(4-3-5-11(8)14)13(18)17-9(2)12-15-6-7-16-12/h3-7,9H,1-2H3,(H,15,16)(H,17,18). The summed E-state index contributed by atoms with van der Waals surface area (Å²) in [6.07, 6.45) is 3.41. The molecule has 1 aromatic carbocycles. The van der Waals surface area contributed by atoms with Gasteiger partial charge in [0.2, 0.25) is 0 Å². The van der Waals surface area contributed by atoms with Gasteiger partial charge in [-0.05, 0) is 31.5 Å². The van der Waals surface area contributed by atoms with Crippen LogP contribution in [-0.2, 0) is 0 Å². The van der Waals surface area contributed by atoms with E-state index in [-0.39, 0.29) is 11.9 Å². The van der Waals surface area contributed by atoms with Gasteiger partial charge in [0.15, 0.2) is 0 Å². The molecule has 94 valence electrons. The summed E-state index contributed by atoms with van der Waals surface area (Å²) in [6.45, 7) is 3.81. The zero-order chi connectivity index (χ0) is 13.1. The SMILES string of the molecule is Cc1c(Br)cccc1C(=O)NC(C)c1ncc[nH]1. The summed E-state index contributed by atoms with van der Waals surface area (Å²) < 4.78 is 0.931. The van der Waals surface area contributed by atoms with Crippen molar-refractivity contribution in [2.75, 3.05) is 0 Å². The van der Waals surface area contributed by atoms with Crippen LogP contribution < -0.4 is 5.32 Å². The average molecular weight is 308 g/mol. The molecule has 1 aromatic heterocycles. The van der Waals surface area contributed by atoms with Crippen LogP contribution in [0.5, 0.6) is 0 Å². The second kappa shape index (κ2) is 5.35. The number of aromatic nitrogens is 2. The Kier molecular flexibility index (Phi) is 3.81. The van der Waals surface area contributed by atoms with E-state index in [1.54, 1.807) is 12.4 Å². The maximum atomic E-state index is 12.1. The minimum atomic E-state index is -0.147. The molecule has 0 aliphatic carbocycles. The number of hydrogen-bond donors (Lipinski definition) is 2. The van der Waals surface area contributed by atoms with Crippen molar-refractivity contribution in [3.8, 4) is 0 Å². The molecule has 0 fully saturated rings. The molecule has 0 spiro atoms. The maximum absolute atomic E-state index is 12.1. The summed E-state index contributed by atoms with van der Waals surface area (Å²) in [6, 6.07) is 5.43. The molecule has 5 heteroatoms. The van der Waals surface area contributed by atoms with E-state index in [1.807, 2.05) is 32.0 Å². The first-order valence-corrected chi connectivity index (χ1v) is 6.44. The number of nitrogens with one attached hydrogen (secondary N) is 2. The highest BCUT2D eigenvalue weighted by Gasteiger charge is 2.15. The van der Waals surface area contributed by atoms with Gasteiger partial charge in [0, 0.05) is 22.4 Å². The third kappa shape index (κ3) is 2.61. The molecule has 1 heterocycles. The van der Waals surface area contributed by atoms with Gasteiger partial charge in [-0.3, -0.25) is 4.79 Å². The predicted octanol–water partition coefficient (Wildman–Crippen LogP) is 2.97. The lowest BCUT2D eigenvalue weighted by molar-refractivity contribution is 0.0937. The number of carbonyl (C=O) groups excluding carboxylic acids is 1. The summed E-state index contributed by atoms with van der Waals surface area (Å²) in [5.41, 5.74) is 1.60. The fourth-order valence-corrected chi connectivity index (χ4v) is 2.08. The van der Waals surface area contributed by atoms with Crippen LogP contribution in [0.4, 0.5) is 0 Å². The van der Waals surface area contributed by atoms with Crippen LogP contribution in [-0.4, -0.2) is 15.9 Å². The molecule has 0 aliphatic heterocycles. The summed E-state index contributed by atoms with van der Waals surface area (Å²) in [5.74, 6) is 0.647. The number of carbonyl (C=O) groups is 1. The molecule has 2 N–H and O–H groups in total. The summed E-state index contributed by atoms with van der Waals surface area (Å²) in [5, 5.41) is 2.91. The number of amides is 1. The molecule has 4 nitrogen and oxygen atoms in total. The molecule has 2 rings (SSSR count). The maximum Gasteiger partial charge on any atom is 0.252 e. The van der Waals surface area contributed by atoms with Crippen LogP contribution in [0.2, 0.25) is 0 Å². The Morgan fingerprint density at radius 3 is 2.94 bits per heavy atom. The normalized spacial score (nSPS) is 12.2. The van der Waals surface area contributed by atoms with Crippen LogP contribution in [0.3, 0.4) is 0 Å². The summed E-state index contributed by atoms with van der Waals surface area (Å²) >= 11 is 3.42. The second-order valence-corrected chi connectivity index (χ2v) is 4.94. The predicted molar refractivity (Wildman–Crippen MR) is 73.3 cm³/mol. The number of benzene rings is 1. The van der Waals surface area contributed by atoms with E-state index in [1.165, 1.54) is 0 Å². The summed E-state index contributed by atoms with van der Waals surface area (Å²) in [4.78, 5) is 19.3. The Morgan fingerprint density at radius 2 is 2.28 bits per heavy atom. The van der Waals surface area contributed by atoms with E-state index in [9.17, 15) is 4.79 Å². The number of H-pyrrole nitrogens is 1. The Labute approximate surface area is 114 Å². The first-order valence-electron chi connectivity index (χ1n) is 5.65. The van der Waals surface area contributed by atoms with E-state index < -0.39 is 0 Å². The Hall–Kier alpha value is -1.62. The molecular weight excluding hydrogens is 294 g/mol. The topological polar surface area (TPSA) is 57.8 Å². The van der Waals surface area contributed by atoms with Crippen LogP contribution in [0.15, 0.2) is 35.1 Å². The monoisotopic (exact) mass is 307 g/mol. The third-order valence-corrected chi connectivity index (χ3v) is 3.65. The van der Waals surface area contributed by atoms with E-state index in [0.29, 0.717) is 5.56 Å². The molecule has 2 aromatic rings. The van der Waals surface area contributed by atoms with Gasteiger partial charge >= 0.3 is 0 Å². The Bertz CT molecular complexity index is 551. The highest BCUT2D eigenvalue weighted by Crippen LogP contribution is 2.20. The fraction of sp³-hybridized carbons (Fsp3) is 0.231. The lowest BCUT2D eigenvalue weighted by atomic mass is 10.1. The molecule has 1 atom stereocenters. The van der Waals surface area contributed by atoms with Gasteiger partial charge in [-0.2, -0.15) is 0 Å². The van der Waals surface area contributed by atoms with Crippen molar-refractivity contribution >= 4 is 21.8 Å². The molecule has 0 bridgehead atoms. The Balaban J connectivity index is 2.15. The number of aromatic amines is 1. The van der Waals surface area contributed by atoms with Crippen molar-refractivity contribution in [1.29, 1.82) is 0 Å². The first kappa shape index (κ1) is 12.8. The summed E-state index contributed by atoms with van der Waals surface area (Å²) in [7, 11) is 0. The molecule has 1 amide bonds. The number of hydrogen-bond acceptors (Lipinski definition) is 2. The van der Waals surface area contributed by atoms with E-state index >= 15 is 0 Å². The minimum absolute atomic E-state index is 0.0994. The van der Waals surface area contributed by atoms with Gasteiger partial charge in [0.25, 0.3) is 5.91 Å². The van der Waals surface area contributed by atoms with Gasteiger partial charge < -0.3 is 10.3 Å². The second-order valence-electron chi connectivity index (χ2n) is 4.08. The van der Waals surface area contributed by atoms with Crippen LogP contribution in [0.25, 0.3) is 0 Å². The van der Waals surface area contributed by atoms with Crippen molar-refractivity contribution in [2.24, 2.45) is 0 Å². The number of halogens is 1. The minimum Gasteiger partial charge on any atom is -0.347 e. The Morgan fingerprint density at radius 1 is 1.50 bits per heavy atom. The van der Waals surface area contributed by atoms with Gasteiger partial charge in [-0.25, -0.2) is 4.98 Å². The first-order chi connectivity index (χ1) is 8.59. The van der Waals surface area contributed by atoms with Crippen LogP contribution in [0, 0.1) is 6.92 Å². The number of imidazole rings is 1. The van der Waals surface area contributed by atoms with Gasteiger partial charge in [0.05, 0.1) is 6.04 Å². The van der Waals surface area contributed by atoms with Crippen LogP contribution in [0.1, 0.15) is 34.7 Å². The lowest BCUT2D eigenvalue weighted by Crippen LogP contribution is -2.28. The van der Waals surface area contributed by atoms with E-state index in [4.69, 9.17) is 0 Å². The van der Waals surface area contributed by atoms with Crippen molar-refractivity contribution < 1.29 is 4.79 Å². The molecule has 18 heavy (non-hydrogen) atoms.